The van der Waals surface area contributed by atoms with Crippen LogP contribution >= 0.6 is 0 Å². The highest BCUT2D eigenvalue weighted by atomic mass is 19.1. The van der Waals surface area contributed by atoms with Gasteiger partial charge >= 0.3 is 0 Å². The average Bonchev–Trinajstić information content (AvgIpc) is 3.13. The molecule has 0 saturated carbocycles. The van der Waals surface area contributed by atoms with Crippen LogP contribution in [-0.2, 0) is 0 Å². The topological polar surface area (TPSA) is 44.0 Å². The Morgan fingerprint density at radius 2 is 2.22 bits per heavy atom. The smallest absolute Gasteiger partial charge is 0.130 e. The van der Waals surface area contributed by atoms with Crippen LogP contribution in [0.25, 0.3) is 11.0 Å². The van der Waals surface area contributed by atoms with E-state index in [0.717, 1.165) is 16.7 Å². The molecule has 3 unspecified atom stereocenters. The first kappa shape index (κ1) is 14.0. The molecule has 4 nitrogen and oxygen atoms in total. The number of imidazole rings is 1. The zero-order valence-corrected chi connectivity index (χ0v) is 12.3. The number of nitrogens with zero attached hydrogens (tertiary/aromatic N) is 2. The van der Waals surface area contributed by atoms with Gasteiger partial charge in [-0.2, -0.15) is 0 Å². The number of allylic oxidation sites excluding steroid dienone is 3. The molecule has 1 aromatic heterocycles. The van der Waals surface area contributed by atoms with E-state index in [-0.39, 0.29) is 6.04 Å². The summed E-state index contributed by atoms with van der Waals surface area (Å²) in [6.07, 6.45) is 4.42. The Balaban J connectivity index is 1.74. The Bertz CT molecular complexity index is 823. The van der Waals surface area contributed by atoms with E-state index in [1.54, 1.807) is 6.33 Å². The summed E-state index contributed by atoms with van der Waals surface area (Å²) in [5.41, 5.74) is 2.55. The van der Waals surface area contributed by atoms with Gasteiger partial charge in [-0.05, 0) is 30.4 Å². The zero-order chi connectivity index (χ0) is 16.0. The van der Waals surface area contributed by atoms with Gasteiger partial charge in [-0.15, -0.1) is 0 Å². The average molecular weight is 314 g/mol. The summed E-state index contributed by atoms with van der Waals surface area (Å²) in [6, 6.07) is 5.31. The van der Waals surface area contributed by atoms with E-state index in [2.05, 4.69) is 21.9 Å². The molecule has 2 aliphatic rings. The third-order valence-corrected chi connectivity index (χ3v) is 4.45. The SMILES string of the molecule is C=C1NCC(C2C(F)=CC=CC2F)N1c1ccc2nc[nH]c2c1. The lowest BCUT2D eigenvalue weighted by molar-refractivity contribution is 0.247. The largest absolute Gasteiger partial charge is 0.370 e. The fraction of sp³-hybridized carbons (Fsp3) is 0.235. The number of anilines is 1. The summed E-state index contributed by atoms with van der Waals surface area (Å²) in [7, 11) is 0. The molecule has 0 amide bonds. The molecule has 1 saturated heterocycles. The fourth-order valence-electron chi connectivity index (χ4n) is 3.34. The van der Waals surface area contributed by atoms with Crippen LogP contribution in [0.3, 0.4) is 0 Å². The zero-order valence-electron chi connectivity index (χ0n) is 12.3. The molecule has 23 heavy (non-hydrogen) atoms. The fourth-order valence-corrected chi connectivity index (χ4v) is 3.34. The lowest BCUT2D eigenvalue weighted by Gasteiger charge is -2.33. The highest BCUT2D eigenvalue weighted by molar-refractivity contribution is 5.80. The minimum absolute atomic E-state index is 0.376. The predicted molar refractivity (Wildman–Crippen MR) is 86.2 cm³/mol. The van der Waals surface area contributed by atoms with Crippen molar-refractivity contribution >= 4 is 16.7 Å². The van der Waals surface area contributed by atoms with Crippen molar-refractivity contribution in [3.63, 3.8) is 0 Å². The summed E-state index contributed by atoms with van der Waals surface area (Å²) >= 11 is 0. The predicted octanol–water partition coefficient (Wildman–Crippen LogP) is 3.19. The molecular formula is C17H16F2N4. The number of alkyl halides is 1. The third-order valence-electron chi connectivity index (χ3n) is 4.45. The van der Waals surface area contributed by atoms with Crippen molar-refractivity contribution in [1.29, 1.82) is 0 Å². The molecule has 2 N–H and O–H groups in total. The van der Waals surface area contributed by atoms with E-state index in [0.29, 0.717) is 12.4 Å². The van der Waals surface area contributed by atoms with E-state index < -0.39 is 17.9 Å². The van der Waals surface area contributed by atoms with Crippen molar-refractivity contribution in [3.05, 3.63) is 61.0 Å². The number of nitrogens with one attached hydrogen (secondary N) is 2. The molecule has 118 valence electrons. The van der Waals surface area contributed by atoms with Crippen LogP contribution in [0.15, 0.2) is 61.0 Å². The van der Waals surface area contributed by atoms with Gasteiger partial charge in [0.1, 0.15) is 12.0 Å². The highest BCUT2D eigenvalue weighted by Gasteiger charge is 2.41. The summed E-state index contributed by atoms with van der Waals surface area (Å²) in [6.45, 7) is 4.43. The molecule has 0 spiro atoms. The molecule has 4 rings (SSSR count). The molecule has 3 atom stereocenters. The van der Waals surface area contributed by atoms with E-state index in [1.165, 1.54) is 18.2 Å². The Kier molecular flexibility index (Phi) is 3.18. The van der Waals surface area contributed by atoms with Crippen LogP contribution in [0.5, 0.6) is 0 Å². The number of aromatic amines is 1. The minimum Gasteiger partial charge on any atom is -0.370 e. The van der Waals surface area contributed by atoms with E-state index in [4.69, 9.17) is 0 Å². The Morgan fingerprint density at radius 1 is 1.35 bits per heavy atom. The van der Waals surface area contributed by atoms with Crippen LogP contribution < -0.4 is 10.2 Å². The lowest BCUT2D eigenvalue weighted by Crippen LogP contribution is -2.41. The lowest BCUT2D eigenvalue weighted by atomic mass is 9.89. The molecule has 2 aromatic rings. The monoisotopic (exact) mass is 314 g/mol. The van der Waals surface area contributed by atoms with Crippen molar-refractivity contribution in [3.8, 4) is 0 Å². The van der Waals surface area contributed by atoms with E-state index >= 15 is 0 Å². The van der Waals surface area contributed by atoms with Crippen molar-refractivity contribution in [2.45, 2.75) is 12.2 Å². The van der Waals surface area contributed by atoms with Gasteiger partial charge in [0.05, 0.1) is 35.1 Å². The minimum atomic E-state index is -1.35. The number of hydrogen-bond donors (Lipinski definition) is 2. The number of hydrogen-bond acceptors (Lipinski definition) is 3. The van der Waals surface area contributed by atoms with Crippen molar-refractivity contribution in [2.24, 2.45) is 5.92 Å². The van der Waals surface area contributed by atoms with Crippen molar-refractivity contribution < 1.29 is 8.78 Å². The normalized spacial score (nSPS) is 27.4. The Morgan fingerprint density at radius 3 is 3.04 bits per heavy atom. The van der Waals surface area contributed by atoms with Gasteiger partial charge in [0, 0.05) is 12.2 Å². The second-order valence-electron chi connectivity index (χ2n) is 5.78. The Labute approximate surface area is 132 Å². The number of aromatic nitrogens is 2. The van der Waals surface area contributed by atoms with E-state index in [9.17, 15) is 8.78 Å². The van der Waals surface area contributed by atoms with Crippen LogP contribution in [0.2, 0.25) is 0 Å². The maximum atomic E-state index is 14.3. The molecule has 1 aliphatic heterocycles. The van der Waals surface area contributed by atoms with Gasteiger partial charge < -0.3 is 15.2 Å². The Hall–Kier alpha value is -2.63. The van der Waals surface area contributed by atoms with Gasteiger partial charge in [0.15, 0.2) is 0 Å². The van der Waals surface area contributed by atoms with Gasteiger partial charge in [-0.25, -0.2) is 13.8 Å². The molecule has 1 aromatic carbocycles. The second-order valence-corrected chi connectivity index (χ2v) is 5.78. The second kappa shape index (κ2) is 5.22. The van der Waals surface area contributed by atoms with Gasteiger partial charge in [-0.1, -0.05) is 12.7 Å². The summed E-state index contributed by atoms with van der Waals surface area (Å²) in [5, 5.41) is 3.12. The van der Waals surface area contributed by atoms with Gasteiger partial charge in [0.25, 0.3) is 0 Å². The van der Waals surface area contributed by atoms with Gasteiger partial charge in [0.2, 0.25) is 0 Å². The highest BCUT2D eigenvalue weighted by Crippen LogP contribution is 2.36. The molecule has 2 heterocycles. The number of benzene rings is 1. The van der Waals surface area contributed by atoms with Crippen molar-refractivity contribution in [1.82, 2.24) is 15.3 Å². The maximum Gasteiger partial charge on any atom is 0.130 e. The molecule has 0 radical (unpaired) electrons. The number of fused-ring (bicyclic) bond motifs is 1. The standard InChI is InChI=1S/C17H16F2N4/c1-10-20-8-16(17-12(18)3-2-4-13(17)19)23(10)11-5-6-14-15(7-11)22-9-21-14/h2-7,9,12,16-17,20H,1,8H2,(H,21,22). The molecule has 0 bridgehead atoms. The first-order valence-corrected chi connectivity index (χ1v) is 7.48. The van der Waals surface area contributed by atoms with Crippen LogP contribution in [-0.4, -0.2) is 28.7 Å². The van der Waals surface area contributed by atoms with Crippen LogP contribution in [0, 0.1) is 5.92 Å². The summed E-state index contributed by atoms with van der Waals surface area (Å²) in [4.78, 5) is 9.10. The van der Waals surface area contributed by atoms with Crippen LogP contribution in [0.4, 0.5) is 14.5 Å². The molecular weight excluding hydrogens is 298 g/mol. The van der Waals surface area contributed by atoms with E-state index in [1.807, 2.05) is 23.1 Å². The summed E-state index contributed by atoms with van der Waals surface area (Å²) in [5.74, 6) is -0.637. The third kappa shape index (κ3) is 2.21. The first-order valence-electron chi connectivity index (χ1n) is 7.48. The maximum absolute atomic E-state index is 14.3. The number of rotatable bonds is 2. The summed E-state index contributed by atoms with van der Waals surface area (Å²) < 4.78 is 28.5. The number of halogens is 2. The number of H-pyrrole nitrogens is 1. The van der Waals surface area contributed by atoms with Crippen molar-refractivity contribution in [2.75, 3.05) is 11.4 Å². The molecule has 1 aliphatic carbocycles. The quantitative estimate of drug-likeness (QED) is 0.895. The molecule has 6 heteroatoms. The first-order chi connectivity index (χ1) is 11.1. The van der Waals surface area contributed by atoms with Gasteiger partial charge in [-0.3, -0.25) is 0 Å². The van der Waals surface area contributed by atoms with Crippen LogP contribution in [0.1, 0.15) is 0 Å². The molecule has 1 fully saturated rings.